The van der Waals surface area contributed by atoms with Crippen LogP contribution in [-0.4, -0.2) is 9.97 Å². The zero-order valence-electron chi connectivity index (χ0n) is 8.61. The minimum absolute atomic E-state index is 0.484. The van der Waals surface area contributed by atoms with Crippen LogP contribution in [0.25, 0.3) is 22.2 Å². The van der Waals surface area contributed by atoms with E-state index < -0.39 is 5.76 Å². The van der Waals surface area contributed by atoms with Crippen molar-refractivity contribution in [2.75, 3.05) is 0 Å². The van der Waals surface area contributed by atoms with Gasteiger partial charge in [-0.1, -0.05) is 17.7 Å². The molecule has 0 aliphatic rings. The number of nitrogens with zero attached hydrogens (tertiary/aromatic N) is 1. The molecule has 4 nitrogen and oxygen atoms in total. The maximum atomic E-state index is 11.1. The van der Waals surface area contributed by atoms with Gasteiger partial charge in [0.1, 0.15) is 0 Å². The van der Waals surface area contributed by atoms with Crippen molar-refractivity contribution in [1.29, 1.82) is 0 Å². The van der Waals surface area contributed by atoms with Crippen LogP contribution in [0, 0.1) is 0 Å². The minimum Gasteiger partial charge on any atom is -0.408 e. The molecule has 0 bridgehead atoms. The Balaban J connectivity index is 2.30. The summed E-state index contributed by atoms with van der Waals surface area (Å²) in [6.07, 6.45) is 3.39. The molecule has 2 heterocycles. The van der Waals surface area contributed by atoms with Crippen molar-refractivity contribution in [3.63, 3.8) is 0 Å². The Kier molecular flexibility index (Phi) is 2.23. The topological polar surface area (TPSA) is 58.9 Å². The molecule has 5 heteroatoms. The van der Waals surface area contributed by atoms with E-state index in [0.29, 0.717) is 16.1 Å². The van der Waals surface area contributed by atoms with Crippen LogP contribution in [0.2, 0.25) is 5.02 Å². The maximum Gasteiger partial charge on any atom is 0.417 e. The van der Waals surface area contributed by atoms with Crippen molar-refractivity contribution in [2.45, 2.75) is 0 Å². The lowest BCUT2D eigenvalue weighted by molar-refractivity contribution is 0.555. The Bertz CT molecular complexity index is 731. The van der Waals surface area contributed by atoms with Crippen molar-refractivity contribution >= 4 is 22.7 Å². The first kappa shape index (κ1) is 10.1. The fourth-order valence-corrected chi connectivity index (χ4v) is 1.99. The summed E-state index contributed by atoms with van der Waals surface area (Å²) in [5.41, 5.74) is 2.74. The molecule has 0 unspecified atom stereocenters. The van der Waals surface area contributed by atoms with E-state index in [4.69, 9.17) is 16.0 Å². The van der Waals surface area contributed by atoms with Gasteiger partial charge >= 0.3 is 5.76 Å². The van der Waals surface area contributed by atoms with Crippen LogP contribution in [0.4, 0.5) is 0 Å². The monoisotopic (exact) mass is 246 g/mol. The van der Waals surface area contributed by atoms with Crippen molar-refractivity contribution < 1.29 is 4.42 Å². The summed E-state index contributed by atoms with van der Waals surface area (Å²) >= 11 is 6.16. The molecule has 0 amide bonds. The van der Waals surface area contributed by atoms with E-state index in [9.17, 15) is 4.79 Å². The van der Waals surface area contributed by atoms with Gasteiger partial charge in [0.05, 0.1) is 10.5 Å². The van der Waals surface area contributed by atoms with Crippen LogP contribution in [0.1, 0.15) is 0 Å². The number of oxazole rings is 1. The highest BCUT2D eigenvalue weighted by Gasteiger charge is 2.09. The molecular formula is C12H7ClN2O2. The third-order valence-corrected chi connectivity index (χ3v) is 2.79. The van der Waals surface area contributed by atoms with E-state index in [1.54, 1.807) is 24.5 Å². The molecule has 0 saturated carbocycles. The quantitative estimate of drug-likeness (QED) is 0.718. The summed E-state index contributed by atoms with van der Waals surface area (Å²) in [6, 6.07) is 7.12. The zero-order chi connectivity index (χ0) is 11.8. The van der Waals surface area contributed by atoms with Gasteiger partial charge in [0.2, 0.25) is 0 Å². The van der Waals surface area contributed by atoms with Crippen LogP contribution in [0.3, 0.4) is 0 Å². The number of benzene rings is 1. The third kappa shape index (κ3) is 1.72. The number of hydrogen-bond acceptors (Lipinski definition) is 3. The maximum absolute atomic E-state index is 11.1. The summed E-state index contributed by atoms with van der Waals surface area (Å²) in [4.78, 5) is 17.7. The zero-order valence-corrected chi connectivity index (χ0v) is 9.36. The average Bonchev–Trinajstić information content (AvgIpc) is 2.68. The predicted octanol–water partition coefficient (Wildman–Crippen LogP) is 2.84. The lowest BCUT2D eigenvalue weighted by Crippen LogP contribution is -1.92. The second-order valence-corrected chi connectivity index (χ2v) is 3.99. The first-order valence-corrected chi connectivity index (χ1v) is 5.34. The Hall–Kier alpha value is -2.07. The fraction of sp³-hybridized carbons (Fsp3) is 0. The molecule has 0 spiro atoms. The smallest absolute Gasteiger partial charge is 0.408 e. The molecule has 0 aliphatic heterocycles. The Morgan fingerprint density at radius 1 is 1.35 bits per heavy atom. The van der Waals surface area contributed by atoms with Gasteiger partial charge in [-0.25, -0.2) is 4.79 Å². The third-order valence-electron chi connectivity index (χ3n) is 2.48. The Morgan fingerprint density at radius 2 is 2.24 bits per heavy atom. The Labute approximate surface area is 101 Å². The van der Waals surface area contributed by atoms with Crippen LogP contribution in [0.15, 0.2) is 45.9 Å². The van der Waals surface area contributed by atoms with Gasteiger partial charge < -0.3 is 4.42 Å². The summed E-state index contributed by atoms with van der Waals surface area (Å²) < 4.78 is 4.99. The number of pyridine rings is 1. The molecule has 2 aromatic heterocycles. The first-order chi connectivity index (χ1) is 8.24. The second kappa shape index (κ2) is 3.75. The number of fused-ring (bicyclic) bond motifs is 1. The lowest BCUT2D eigenvalue weighted by atomic mass is 10.1. The average molecular weight is 247 g/mol. The van der Waals surface area contributed by atoms with Gasteiger partial charge in [-0.05, 0) is 18.2 Å². The molecule has 0 atom stereocenters. The van der Waals surface area contributed by atoms with E-state index in [2.05, 4.69) is 9.97 Å². The summed E-state index contributed by atoms with van der Waals surface area (Å²) in [7, 11) is 0. The second-order valence-electron chi connectivity index (χ2n) is 3.58. The molecule has 0 aliphatic carbocycles. The van der Waals surface area contributed by atoms with Gasteiger partial charge in [0.15, 0.2) is 5.58 Å². The van der Waals surface area contributed by atoms with Crippen LogP contribution < -0.4 is 5.76 Å². The molecular weight excluding hydrogens is 240 g/mol. The highest BCUT2D eigenvalue weighted by atomic mass is 35.5. The van der Waals surface area contributed by atoms with Crippen molar-refractivity contribution in [2.24, 2.45) is 0 Å². The largest absolute Gasteiger partial charge is 0.417 e. The normalized spacial score (nSPS) is 10.9. The van der Waals surface area contributed by atoms with Crippen LogP contribution >= 0.6 is 11.6 Å². The van der Waals surface area contributed by atoms with E-state index in [1.165, 1.54) is 0 Å². The highest BCUT2D eigenvalue weighted by Crippen LogP contribution is 2.30. The SMILES string of the molecule is O=c1[nH]c2cc(Cl)c(-c3cccnc3)cc2o1. The van der Waals surface area contributed by atoms with Gasteiger partial charge in [0.25, 0.3) is 0 Å². The fourth-order valence-electron chi connectivity index (χ4n) is 1.71. The molecule has 0 fully saturated rings. The van der Waals surface area contributed by atoms with Gasteiger partial charge in [-0.2, -0.15) is 0 Å². The van der Waals surface area contributed by atoms with Gasteiger partial charge in [0, 0.05) is 23.5 Å². The number of nitrogens with one attached hydrogen (secondary N) is 1. The van der Waals surface area contributed by atoms with Crippen molar-refractivity contribution in [3.05, 3.63) is 52.2 Å². The van der Waals surface area contributed by atoms with E-state index in [0.717, 1.165) is 11.1 Å². The summed E-state index contributed by atoms with van der Waals surface area (Å²) in [6.45, 7) is 0. The first-order valence-electron chi connectivity index (χ1n) is 4.97. The van der Waals surface area contributed by atoms with Gasteiger partial charge in [-0.15, -0.1) is 0 Å². The molecule has 3 rings (SSSR count). The number of aromatic amines is 1. The molecule has 1 aromatic carbocycles. The number of H-pyrrole nitrogens is 1. The number of rotatable bonds is 1. The van der Waals surface area contributed by atoms with Crippen molar-refractivity contribution in [1.82, 2.24) is 9.97 Å². The van der Waals surface area contributed by atoms with E-state index in [1.807, 2.05) is 12.1 Å². The van der Waals surface area contributed by atoms with E-state index in [-0.39, 0.29) is 0 Å². The van der Waals surface area contributed by atoms with Crippen LogP contribution in [0.5, 0.6) is 0 Å². The number of hydrogen-bond donors (Lipinski definition) is 1. The molecule has 0 radical (unpaired) electrons. The number of halogens is 1. The molecule has 17 heavy (non-hydrogen) atoms. The van der Waals surface area contributed by atoms with Crippen LogP contribution in [-0.2, 0) is 0 Å². The minimum atomic E-state index is -0.487. The molecule has 0 saturated heterocycles. The Morgan fingerprint density at radius 3 is 3.00 bits per heavy atom. The number of aromatic nitrogens is 2. The van der Waals surface area contributed by atoms with Crippen molar-refractivity contribution in [3.8, 4) is 11.1 Å². The lowest BCUT2D eigenvalue weighted by Gasteiger charge is -2.03. The highest BCUT2D eigenvalue weighted by molar-refractivity contribution is 6.34. The summed E-state index contributed by atoms with van der Waals surface area (Å²) in [5, 5.41) is 0.544. The summed E-state index contributed by atoms with van der Waals surface area (Å²) in [5.74, 6) is -0.487. The molecule has 3 aromatic rings. The standard InChI is InChI=1S/C12H7ClN2O2/c13-9-5-10-11(17-12(16)15-10)4-8(9)7-2-1-3-14-6-7/h1-6H,(H,15,16). The molecule has 84 valence electrons. The predicted molar refractivity (Wildman–Crippen MR) is 65.1 cm³/mol. The van der Waals surface area contributed by atoms with E-state index >= 15 is 0 Å². The molecule has 1 N–H and O–H groups in total. The van der Waals surface area contributed by atoms with Gasteiger partial charge in [-0.3, -0.25) is 9.97 Å².